The number of hydrogen-bond donors (Lipinski definition) is 1. The first-order valence-corrected chi connectivity index (χ1v) is 10.2. The lowest BCUT2D eigenvalue weighted by atomic mass is 9.79. The Morgan fingerprint density at radius 3 is 2.81 bits per heavy atom. The maximum Gasteiger partial charge on any atom is 0.416 e. The Bertz CT molecular complexity index is 850. The number of amides is 1. The van der Waals surface area contributed by atoms with Gasteiger partial charge in [0.1, 0.15) is 0 Å². The summed E-state index contributed by atoms with van der Waals surface area (Å²) in [6, 6.07) is 4.01. The topological polar surface area (TPSA) is 45.2 Å². The predicted octanol–water partition coefficient (Wildman–Crippen LogP) is 4.45. The maximum absolute atomic E-state index is 12.9. The number of alkyl halides is 3. The van der Waals surface area contributed by atoms with Crippen LogP contribution < -0.4 is 10.2 Å². The van der Waals surface area contributed by atoms with Gasteiger partial charge in [0.25, 0.3) is 0 Å². The zero-order valence-electron chi connectivity index (χ0n) is 15.1. The molecule has 2 fully saturated rings. The van der Waals surface area contributed by atoms with Crippen molar-refractivity contribution >= 4 is 32.6 Å². The van der Waals surface area contributed by atoms with Crippen LogP contribution in [0.3, 0.4) is 0 Å². The summed E-state index contributed by atoms with van der Waals surface area (Å²) in [5, 5.41) is 3.90. The molecule has 146 valence electrons. The van der Waals surface area contributed by atoms with Gasteiger partial charge in [-0.1, -0.05) is 18.3 Å². The normalized spacial score (nSPS) is 25.6. The molecule has 1 aliphatic heterocycles. The molecule has 1 saturated carbocycles. The quantitative estimate of drug-likeness (QED) is 0.833. The van der Waals surface area contributed by atoms with E-state index in [0.29, 0.717) is 23.8 Å². The molecule has 2 aliphatic rings. The molecule has 3 unspecified atom stereocenters. The first-order chi connectivity index (χ1) is 12.8. The fraction of sp³-hybridized carbons (Fsp3) is 0.579. The highest BCUT2D eigenvalue weighted by atomic mass is 32.1. The maximum atomic E-state index is 12.9. The number of fused-ring (bicyclic) bond motifs is 2. The Morgan fingerprint density at radius 2 is 2.07 bits per heavy atom. The number of carbonyl (C=O) groups excluding carboxylic acids is 1. The number of aromatic nitrogens is 1. The molecule has 2 aromatic rings. The van der Waals surface area contributed by atoms with Gasteiger partial charge in [0.2, 0.25) is 5.91 Å². The molecule has 0 radical (unpaired) electrons. The van der Waals surface area contributed by atoms with Crippen LogP contribution >= 0.6 is 11.3 Å². The van der Waals surface area contributed by atoms with Gasteiger partial charge in [-0.2, -0.15) is 13.2 Å². The van der Waals surface area contributed by atoms with Crippen LogP contribution in [0.5, 0.6) is 0 Å². The van der Waals surface area contributed by atoms with Gasteiger partial charge in [-0.05, 0) is 49.3 Å². The number of rotatable bonds is 3. The Hall–Kier alpha value is -1.83. The summed E-state index contributed by atoms with van der Waals surface area (Å²) in [7, 11) is 0. The van der Waals surface area contributed by atoms with E-state index < -0.39 is 11.7 Å². The minimum absolute atomic E-state index is 0.0972. The third-order valence-electron chi connectivity index (χ3n) is 5.71. The number of nitrogens with one attached hydrogen (secondary N) is 1. The summed E-state index contributed by atoms with van der Waals surface area (Å²) in [5.41, 5.74) is -0.246. The van der Waals surface area contributed by atoms with E-state index in [1.165, 1.54) is 17.4 Å². The average Bonchev–Trinajstić information content (AvgIpc) is 3.23. The van der Waals surface area contributed by atoms with Gasteiger partial charge in [-0.25, -0.2) is 4.98 Å². The second-order valence-corrected chi connectivity index (χ2v) is 8.54. The van der Waals surface area contributed by atoms with Gasteiger partial charge >= 0.3 is 6.18 Å². The number of halogens is 3. The van der Waals surface area contributed by atoms with Crippen LogP contribution in [-0.2, 0) is 11.0 Å². The lowest BCUT2D eigenvalue weighted by Gasteiger charge is -2.31. The van der Waals surface area contributed by atoms with Crippen LogP contribution in [0.15, 0.2) is 18.2 Å². The van der Waals surface area contributed by atoms with Crippen LogP contribution in [0, 0.1) is 11.8 Å². The molecule has 1 aromatic heterocycles. The molecular formula is C19H22F3N3OS. The van der Waals surface area contributed by atoms with Gasteiger partial charge in [0, 0.05) is 25.6 Å². The summed E-state index contributed by atoms with van der Waals surface area (Å²) in [5.74, 6) is 1.16. The summed E-state index contributed by atoms with van der Waals surface area (Å²) in [4.78, 5) is 18.3. The van der Waals surface area contributed by atoms with Crippen LogP contribution in [0.1, 0.15) is 38.2 Å². The van der Waals surface area contributed by atoms with Gasteiger partial charge in [-0.3, -0.25) is 4.79 Å². The second kappa shape index (κ2) is 6.96. The highest BCUT2D eigenvalue weighted by Gasteiger charge is 2.39. The molecule has 1 N–H and O–H groups in total. The van der Waals surface area contributed by atoms with Crippen LogP contribution in [0.2, 0.25) is 0 Å². The van der Waals surface area contributed by atoms with Crippen molar-refractivity contribution in [2.45, 2.75) is 44.8 Å². The summed E-state index contributed by atoms with van der Waals surface area (Å²) in [6.45, 7) is 3.61. The van der Waals surface area contributed by atoms with Crippen molar-refractivity contribution in [3.8, 4) is 0 Å². The highest BCUT2D eigenvalue weighted by molar-refractivity contribution is 7.22. The monoisotopic (exact) mass is 397 g/mol. The van der Waals surface area contributed by atoms with Crippen molar-refractivity contribution in [2.75, 3.05) is 18.0 Å². The molecule has 1 aromatic carbocycles. The molecule has 1 amide bonds. The lowest BCUT2D eigenvalue weighted by molar-refractivity contribution is -0.137. The molecule has 27 heavy (non-hydrogen) atoms. The predicted molar refractivity (Wildman–Crippen MR) is 99.9 cm³/mol. The highest BCUT2D eigenvalue weighted by Crippen LogP contribution is 2.41. The molecule has 0 bridgehead atoms. The molecule has 0 spiro atoms. The third kappa shape index (κ3) is 3.77. The van der Waals surface area contributed by atoms with Crippen LogP contribution in [-0.4, -0.2) is 30.0 Å². The van der Waals surface area contributed by atoms with Crippen molar-refractivity contribution in [3.63, 3.8) is 0 Å². The molecule has 8 heteroatoms. The van der Waals surface area contributed by atoms with E-state index in [9.17, 15) is 18.0 Å². The minimum Gasteiger partial charge on any atom is -0.353 e. The molecule has 1 aliphatic carbocycles. The number of hydrogen-bond acceptors (Lipinski definition) is 4. The van der Waals surface area contributed by atoms with Crippen LogP contribution in [0.4, 0.5) is 18.3 Å². The summed E-state index contributed by atoms with van der Waals surface area (Å²) >= 11 is 1.45. The molecule has 4 nitrogen and oxygen atoms in total. The molecule has 2 heterocycles. The van der Waals surface area contributed by atoms with E-state index in [-0.39, 0.29) is 11.9 Å². The van der Waals surface area contributed by atoms with Gasteiger partial charge < -0.3 is 10.2 Å². The zero-order valence-corrected chi connectivity index (χ0v) is 15.9. The zero-order chi connectivity index (χ0) is 19.2. The Labute approximate surface area is 159 Å². The van der Waals surface area contributed by atoms with Crippen molar-refractivity contribution in [1.82, 2.24) is 10.3 Å². The minimum atomic E-state index is -4.35. The molecular weight excluding hydrogens is 375 g/mol. The number of thiazole rings is 1. The number of nitrogens with zero attached hydrogens (tertiary/aromatic N) is 2. The molecule has 1 saturated heterocycles. The van der Waals surface area contributed by atoms with Crippen molar-refractivity contribution < 1.29 is 18.0 Å². The van der Waals surface area contributed by atoms with Crippen molar-refractivity contribution in [3.05, 3.63) is 23.8 Å². The van der Waals surface area contributed by atoms with E-state index in [1.54, 1.807) is 0 Å². The fourth-order valence-corrected chi connectivity index (χ4v) is 5.24. The van der Waals surface area contributed by atoms with Crippen molar-refractivity contribution in [2.24, 2.45) is 11.8 Å². The van der Waals surface area contributed by atoms with E-state index in [0.717, 1.165) is 54.3 Å². The van der Waals surface area contributed by atoms with E-state index in [4.69, 9.17) is 0 Å². The standard InChI is InChI=1S/C19H22F3N3OS/c1-2-17(26)23-14-5-3-11-9-25(10-12(11)7-14)18-24-15-8-13(19(20,21)22)4-6-16(15)27-18/h4,6,8,11-12,14H,2-3,5,7,9-10H2,1H3,(H,23,26). The largest absolute Gasteiger partial charge is 0.416 e. The van der Waals surface area contributed by atoms with Crippen LogP contribution in [0.25, 0.3) is 10.2 Å². The SMILES string of the molecule is CCC(=O)NC1CCC2CN(c3nc4cc(C(F)(F)F)ccc4s3)CC2C1. The summed E-state index contributed by atoms with van der Waals surface area (Å²) in [6.07, 6.45) is -0.814. The Morgan fingerprint density at radius 1 is 1.30 bits per heavy atom. The van der Waals surface area contributed by atoms with Gasteiger partial charge in [0.05, 0.1) is 15.8 Å². The third-order valence-corrected chi connectivity index (χ3v) is 6.81. The van der Waals surface area contributed by atoms with Gasteiger partial charge in [-0.15, -0.1) is 0 Å². The average molecular weight is 397 g/mol. The van der Waals surface area contributed by atoms with E-state index in [1.807, 2.05) is 6.92 Å². The Kier molecular flexibility index (Phi) is 4.78. The fourth-order valence-electron chi connectivity index (χ4n) is 4.28. The first kappa shape index (κ1) is 18.5. The van der Waals surface area contributed by atoms with E-state index in [2.05, 4.69) is 15.2 Å². The first-order valence-electron chi connectivity index (χ1n) is 9.35. The Balaban J connectivity index is 1.48. The number of benzene rings is 1. The van der Waals surface area contributed by atoms with Crippen molar-refractivity contribution in [1.29, 1.82) is 0 Å². The second-order valence-electron chi connectivity index (χ2n) is 7.53. The molecule has 3 atom stereocenters. The summed E-state index contributed by atoms with van der Waals surface area (Å²) < 4.78 is 39.5. The molecule has 4 rings (SSSR count). The smallest absolute Gasteiger partial charge is 0.353 e. The number of anilines is 1. The lowest BCUT2D eigenvalue weighted by Crippen LogP contribution is -2.40. The van der Waals surface area contributed by atoms with Gasteiger partial charge in [0.15, 0.2) is 5.13 Å². The number of carbonyl (C=O) groups is 1. The van der Waals surface area contributed by atoms with E-state index >= 15 is 0 Å².